The Morgan fingerprint density at radius 3 is 2.62 bits per heavy atom. The average Bonchev–Trinajstić information content (AvgIpc) is 3.44. The zero-order valence-corrected chi connectivity index (χ0v) is 19.5. The van der Waals surface area contributed by atoms with Crippen LogP contribution in [0.3, 0.4) is 0 Å². The largest absolute Gasteiger partial charge is 0.356 e. The first kappa shape index (κ1) is 19.8. The van der Waals surface area contributed by atoms with E-state index in [4.69, 9.17) is 0 Å². The zero-order chi connectivity index (χ0) is 21.8. The topological polar surface area (TPSA) is 56.4 Å². The highest BCUT2D eigenvalue weighted by Gasteiger charge is 2.48. The molecule has 2 aromatic heterocycles. The predicted octanol–water partition coefficient (Wildman–Crippen LogP) is 4.88. The van der Waals surface area contributed by atoms with Gasteiger partial charge in [0.25, 0.3) is 0 Å². The van der Waals surface area contributed by atoms with Crippen LogP contribution in [0.4, 0.5) is 0 Å². The van der Waals surface area contributed by atoms with E-state index in [1.165, 1.54) is 0 Å². The van der Waals surface area contributed by atoms with Crippen LogP contribution in [0.1, 0.15) is 27.7 Å². The van der Waals surface area contributed by atoms with Gasteiger partial charge < -0.3 is 14.8 Å². The number of rotatable bonds is 3. The molecule has 4 aromatic rings. The maximum absolute atomic E-state index is 13.6. The van der Waals surface area contributed by atoms with E-state index >= 15 is 0 Å². The number of aromatic nitrogens is 1. The van der Waals surface area contributed by atoms with Gasteiger partial charge in [-0.25, -0.2) is 0 Å². The van der Waals surface area contributed by atoms with Crippen LogP contribution in [-0.4, -0.2) is 39.2 Å². The number of halogens is 1. The predicted molar refractivity (Wildman–Crippen MR) is 128 cm³/mol. The van der Waals surface area contributed by atoms with Crippen molar-refractivity contribution in [2.45, 2.75) is 25.0 Å². The molecule has 0 aliphatic carbocycles. The molecule has 0 bridgehead atoms. The molecule has 2 atom stereocenters. The van der Waals surface area contributed by atoms with Crippen molar-refractivity contribution in [3.8, 4) is 0 Å². The number of para-hydroxylation sites is 1. The van der Waals surface area contributed by atoms with E-state index in [-0.39, 0.29) is 24.4 Å². The summed E-state index contributed by atoms with van der Waals surface area (Å²) in [5.41, 5.74) is 4.18. The number of fused-ring (bicyclic) bond motifs is 4. The molecule has 2 aromatic carbocycles. The number of aromatic amines is 1. The second-order valence-electron chi connectivity index (χ2n) is 8.31. The molecule has 2 aliphatic heterocycles. The molecule has 0 unspecified atom stereocenters. The minimum absolute atomic E-state index is 0.0108. The summed E-state index contributed by atoms with van der Waals surface area (Å²) in [6, 6.07) is 19.4. The highest BCUT2D eigenvalue weighted by Crippen LogP contribution is 2.42. The lowest BCUT2D eigenvalue weighted by atomic mass is 9.86. The normalized spacial score (nSPS) is 20.5. The second kappa shape index (κ2) is 7.60. The van der Waals surface area contributed by atoms with Crippen molar-refractivity contribution in [1.29, 1.82) is 0 Å². The lowest BCUT2D eigenvalue weighted by Gasteiger charge is -2.47. The molecular formula is C25H20BrN3O2S. The summed E-state index contributed by atoms with van der Waals surface area (Å²) in [5.74, 6) is 0.0134. The molecule has 160 valence electrons. The van der Waals surface area contributed by atoms with Gasteiger partial charge in [-0.05, 0) is 40.8 Å². The van der Waals surface area contributed by atoms with E-state index in [2.05, 4.69) is 33.0 Å². The first-order chi connectivity index (χ1) is 15.6. The van der Waals surface area contributed by atoms with Crippen molar-refractivity contribution < 1.29 is 9.59 Å². The van der Waals surface area contributed by atoms with E-state index in [1.807, 2.05) is 58.8 Å². The van der Waals surface area contributed by atoms with Gasteiger partial charge in [0.2, 0.25) is 11.8 Å². The summed E-state index contributed by atoms with van der Waals surface area (Å²) >= 11 is 5.12. The number of nitrogens with zero attached hydrogens (tertiary/aromatic N) is 2. The maximum atomic E-state index is 13.6. The molecule has 1 saturated heterocycles. The molecule has 7 heteroatoms. The third kappa shape index (κ3) is 3.11. The fourth-order valence-electron chi connectivity index (χ4n) is 5.04. The Labute approximate surface area is 197 Å². The Morgan fingerprint density at radius 2 is 1.84 bits per heavy atom. The standard InChI is InChI=1S/C25H20BrN3O2S/c26-16-9-7-15(8-10-16)24-23-19(18-5-1-2-6-20(18)27-23)12-21-25(31)28(14-22(30)29(21)24)13-17-4-3-11-32-17/h1-11,21,24,27H,12-14H2/t21-,24+/m0/s1. The second-order valence-corrected chi connectivity index (χ2v) is 10.3. The van der Waals surface area contributed by atoms with Gasteiger partial charge in [-0.15, -0.1) is 11.3 Å². The van der Waals surface area contributed by atoms with Crippen molar-refractivity contribution in [3.05, 3.63) is 92.2 Å². The number of H-pyrrole nitrogens is 1. The Balaban J connectivity index is 1.48. The van der Waals surface area contributed by atoms with Gasteiger partial charge in [-0.2, -0.15) is 0 Å². The SMILES string of the molecule is O=C1[C@@H]2Cc3c([nH]c4ccccc34)[C@@H](c3ccc(Br)cc3)N2C(=O)CN1Cc1cccs1. The Bertz CT molecular complexity index is 1330. The number of piperazine rings is 1. The van der Waals surface area contributed by atoms with Crippen LogP contribution in [0.15, 0.2) is 70.5 Å². The fraction of sp³-hybridized carbons (Fsp3) is 0.200. The summed E-state index contributed by atoms with van der Waals surface area (Å²) in [6.07, 6.45) is 0.526. The molecule has 2 amide bonds. The molecule has 2 aliphatic rings. The van der Waals surface area contributed by atoms with Crippen LogP contribution >= 0.6 is 27.3 Å². The third-order valence-electron chi connectivity index (χ3n) is 6.45. The van der Waals surface area contributed by atoms with Crippen molar-refractivity contribution >= 4 is 50.0 Å². The van der Waals surface area contributed by atoms with Crippen molar-refractivity contribution in [2.75, 3.05) is 6.54 Å². The van der Waals surface area contributed by atoms with E-state index in [9.17, 15) is 9.59 Å². The number of carbonyl (C=O) groups excluding carboxylic acids is 2. The van der Waals surface area contributed by atoms with Crippen molar-refractivity contribution in [1.82, 2.24) is 14.8 Å². The molecule has 0 saturated carbocycles. The van der Waals surface area contributed by atoms with Gasteiger partial charge in [0.1, 0.15) is 12.6 Å². The number of carbonyl (C=O) groups is 2. The van der Waals surface area contributed by atoms with Gasteiger partial charge >= 0.3 is 0 Å². The van der Waals surface area contributed by atoms with Gasteiger partial charge in [0.05, 0.1) is 12.6 Å². The molecule has 6 rings (SSSR count). The van der Waals surface area contributed by atoms with Gasteiger partial charge in [0.15, 0.2) is 0 Å². The van der Waals surface area contributed by atoms with Crippen LogP contribution in [0.2, 0.25) is 0 Å². The fourth-order valence-corrected chi connectivity index (χ4v) is 6.02. The van der Waals surface area contributed by atoms with Crippen LogP contribution in [-0.2, 0) is 22.6 Å². The minimum atomic E-state index is -0.503. The number of benzene rings is 2. The maximum Gasteiger partial charge on any atom is 0.246 e. The van der Waals surface area contributed by atoms with Crippen molar-refractivity contribution in [2.24, 2.45) is 0 Å². The molecule has 32 heavy (non-hydrogen) atoms. The van der Waals surface area contributed by atoms with E-state index in [0.717, 1.165) is 37.1 Å². The number of hydrogen-bond acceptors (Lipinski definition) is 3. The zero-order valence-electron chi connectivity index (χ0n) is 17.1. The quantitative estimate of drug-likeness (QED) is 0.431. The Kier molecular flexibility index (Phi) is 4.69. The third-order valence-corrected chi connectivity index (χ3v) is 7.84. The number of thiophene rings is 1. The molecule has 0 spiro atoms. The number of hydrogen-bond donors (Lipinski definition) is 1. The van der Waals surface area contributed by atoms with Crippen LogP contribution in [0.5, 0.6) is 0 Å². The lowest BCUT2D eigenvalue weighted by Crippen LogP contribution is -2.62. The molecule has 5 nitrogen and oxygen atoms in total. The minimum Gasteiger partial charge on any atom is -0.356 e. The van der Waals surface area contributed by atoms with Gasteiger partial charge in [0, 0.05) is 32.4 Å². The number of nitrogens with one attached hydrogen (secondary N) is 1. The summed E-state index contributed by atoms with van der Waals surface area (Å²) in [6.45, 7) is 0.589. The van der Waals surface area contributed by atoms with Gasteiger partial charge in [-0.3, -0.25) is 9.59 Å². The van der Waals surface area contributed by atoms with Crippen LogP contribution in [0, 0.1) is 0 Å². The summed E-state index contributed by atoms with van der Waals surface area (Å²) in [4.78, 5) is 35.3. The summed E-state index contributed by atoms with van der Waals surface area (Å²) < 4.78 is 0.980. The first-order valence-corrected chi connectivity index (χ1v) is 12.2. The van der Waals surface area contributed by atoms with Gasteiger partial charge in [-0.1, -0.05) is 52.3 Å². The monoisotopic (exact) mass is 505 g/mol. The van der Waals surface area contributed by atoms with Crippen molar-refractivity contribution in [3.63, 3.8) is 0 Å². The first-order valence-electron chi connectivity index (χ1n) is 10.6. The lowest BCUT2D eigenvalue weighted by molar-refractivity contribution is -0.159. The average molecular weight is 506 g/mol. The highest BCUT2D eigenvalue weighted by atomic mass is 79.9. The molecule has 1 N–H and O–H groups in total. The van der Waals surface area contributed by atoms with Crippen LogP contribution in [0.25, 0.3) is 10.9 Å². The molecule has 0 radical (unpaired) electrons. The molecule has 4 heterocycles. The Hall–Kier alpha value is -2.90. The number of amides is 2. The summed E-state index contributed by atoms with van der Waals surface area (Å²) in [5, 5.41) is 3.13. The molecule has 1 fully saturated rings. The van der Waals surface area contributed by atoms with E-state index in [1.54, 1.807) is 16.2 Å². The smallest absolute Gasteiger partial charge is 0.246 e. The highest BCUT2D eigenvalue weighted by molar-refractivity contribution is 9.10. The Morgan fingerprint density at radius 1 is 1.03 bits per heavy atom. The van der Waals surface area contributed by atoms with E-state index in [0.29, 0.717) is 13.0 Å². The van der Waals surface area contributed by atoms with Crippen LogP contribution < -0.4 is 0 Å². The van der Waals surface area contributed by atoms with E-state index < -0.39 is 6.04 Å². The summed E-state index contributed by atoms with van der Waals surface area (Å²) in [7, 11) is 0. The molecular weight excluding hydrogens is 486 g/mol.